The Hall–Kier alpha value is -2.74. The second-order valence-corrected chi connectivity index (χ2v) is 3.52. The molecule has 0 unspecified atom stereocenters. The number of methoxy groups -OCH3 is 1. The fraction of sp³-hybridized carbons (Fsp3) is 0.0769. The quantitative estimate of drug-likeness (QED) is 0.891. The normalized spacial score (nSPS) is 9.56. The van der Waals surface area contributed by atoms with Crippen LogP contribution < -0.4 is 15.2 Å². The molecule has 2 N–H and O–H groups in total. The summed E-state index contributed by atoms with van der Waals surface area (Å²) in [5.74, 6) is 1.53. The Balaban J connectivity index is 2.35. The van der Waals surface area contributed by atoms with Crippen molar-refractivity contribution in [2.45, 2.75) is 0 Å². The fourth-order valence-corrected chi connectivity index (χ4v) is 1.43. The molecule has 0 aliphatic carbocycles. The van der Waals surface area contributed by atoms with Gasteiger partial charge >= 0.3 is 0 Å². The molecular weight excluding hydrogens is 230 g/mol. The number of nitrogens with two attached hydrogens (primary N) is 1. The van der Waals surface area contributed by atoms with Crippen molar-refractivity contribution in [3.8, 4) is 23.3 Å². The van der Waals surface area contributed by atoms with Gasteiger partial charge in [-0.25, -0.2) is 0 Å². The first-order chi connectivity index (χ1) is 8.72. The first-order valence-corrected chi connectivity index (χ1v) is 5.19. The number of hydrogen-bond acceptors (Lipinski definition) is 5. The zero-order chi connectivity index (χ0) is 13.0. The summed E-state index contributed by atoms with van der Waals surface area (Å²) in [5.41, 5.74) is 6.61. The van der Waals surface area contributed by atoms with Crippen LogP contribution in [0.15, 0.2) is 36.7 Å². The van der Waals surface area contributed by atoms with Crippen molar-refractivity contribution in [3.63, 3.8) is 0 Å². The van der Waals surface area contributed by atoms with Crippen LogP contribution in [0, 0.1) is 11.3 Å². The number of aromatic nitrogens is 1. The van der Waals surface area contributed by atoms with Gasteiger partial charge in [0.15, 0.2) is 5.75 Å². The predicted molar refractivity (Wildman–Crippen MR) is 66.4 cm³/mol. The van der Waals surface area contributed by atoms with E-state index >= 15 is 0 Å². The van der Waals surface area contributed by atoms with Crippen LogP contribution in [0.4, 0.5) is 5.69 Å². The Kier molecular flexibility index (Phi) is 3.30. The number of benzene rings is 1. The molecule has 2 aromatic rings. The lowest BCUT2D eigenvalue weighted by molar-refractivity contribution is 0.409. The second kappa shape index (κ2) is 5.06. The fourth-order valence-electron chi connectivity index (χ4n) is 1.43. The highest BCUT2D eigenvalue weighted by Gasteiger charge is 2.05. The van der Waals surface area contributed by atoms with Gasteiger partial charge in [-0.15, -0.1) is 0 Å². The molecule has 18 heavy (non-hydrogen) atoms. The maximum atomic E-state index is 8.91. The number of nitrogen functional groups attached to an aromatic ring is 1. The van der Waals surface area contributed by atoms with Gasteiger partial charge in [-0.2, -0.15) is 5.26 Å². The third-order valence-electron chi connectivity index (χ3n) is 2.28. The lowest BCUT2D eigenvalue weighted by Gasteiger charge is -2.09. The highest BCUT2D eigenvalue weighted by Crippen LogP contribution is 2.29. The minimum Gasteiger partial charge on any atom is -0.497 e. The lowest BCUT2D eigenvalue weighted by Crippen LogP contribution is -1.93. The lowest BCUT2D eigenvalue weighted by atomic mass is 10.2. The van der Waals surface area contributed by atoms with Crippen LogP contribution in [0.1, 0.15) is 5.56 Å². The van der Waals surface area contributed by atoms with E-state index < -0.39 is 0 Å². The predicted octanol–water partition coefficient (Wildman–Crippen LogP) is 2.34. The molecule has 0 spiro atoms. The average Bonchev–Trinajstić information content (AvgIpc) is 2.41. The van der Waals surface area contributed by atoms with Crippen molar-refractivity contribution < 1.29 is 9.47 Å². The summed E-state index contributed by atoms with van der Waals surface area (Å²) >= 11 is 0. The van der Waals surface area contributed by atoms with Gasteiger partial charge in [-0.1, -0.05) is 0 Å². The van der Waals surface area contributed by atoms with E-state index in [-0.39, 0.29) is 0 Å². The number of nitriles is 1. The zero-order valence-corrected chi connectivity index (χ0v) is 9.75. The molecular formula is C13H11N3O2. The summed E-state index contributed by atoms with van der Waals surface area (Å²) in [6.07, 6.45) is 3.08. The van der Waals surface area contributed by atoms with Crippen LogP contribution >= 0.6 is 0 Å². The van der Waals surface area contributed by atoms with Crippen molar-refractivity contribution in [3.05, 3.63) is 42.2 Å². The average molecular weight is 241 g/mol. The van der Waals surface area contributed by atoms with Crippen LogP contribution in [-0.4, -0.2) is 12.1 Å². The van der Waals surface area contributed by atoms with Gasteiger partial charge in [0.05, 0.1) is 30.6 Å². The van der Waals surface area contributed by atoms with Crippen LogP contribution in [0.3, 0.4) is 0 Å². The first-order valence-electron chi connectivity index (χ1n) is 5.19. The minimum absolute atomic E-state index is 0.429. The molecule has 5 nitrogen and oxygen atoms in total. The number of nitrogens with zero attached hydrogens (tertiary/aromatic N) is 2. The standard InChI is InChI=1S/C13H11N3O2/c1-17-10-4-9(7-14)5-11(6-10)18-13-2-3-16-8-12(13)15/h2-6,8H,15H2,1H3. The van der Waals surface area contributed by atoms with Crippen molar-refractivity contribution >= 4 is 5.69 Å². The third kappa shape index (κ3) is 2.50. The van der Waals surface area contributed by atoms with E-state index in [1.165, 1.54) is 13.3 Å². The van der Waals surface area contributed by atoms with E-state index in [1.807, 2.05) is 6.07 Å². The SMILES string of the molecule is COc1cc(C#N)cc(Oc2ccncc2N)c1. The zero-order valence-electron chi connectivity index (χ0n) is 9.75. The molecule has 90 valence electrons. The topological polar surface area (TPSA) is 81.2 Å². The monoisotopic (exact) mass is 241 g/mol. The molecule has 1 aromatic heterocycles. The van der Waals surface area contributed by atoms with Crippen LogP contribution in [0.5, 0.6) is 17.2 Å². The van der Waals surface area contributed by atoms with Gasteiger partial charge in [-0.05, 0) is 12.1 Å². The van der Waals surface area contributed by atoms with E-state index in [1.54, 1.807) is 30.5 Å². The molecule has 0 amide bonds. The number of pyridine rings is 1. The van der Waals surface area contributed by atoms with Crippen molar-refractivity contribution in [1.29, 1.82) is 5.26 Å². The van der Waals surface area contributed by atoms with Crippen molar-refractivity contribution in [2.24, 2.45) is 0 Å². The maximum Gasteiger partial charge on any atom is 0.153 e. The smallest absolute Gasteiger partial charge is 0.153 e. The van der Waals surface area contributed by atoms with E-state index in [4.69, 9.17) is 20.5 Å². The van der Waals surface area contributed by atoms with Crippen LogP contribution in [0.25, 0.3) is 0 Å². The second-order valence-electron chi connectivity index (χ2n) is 3.52. The Bertz CT molecular complexity index is 605. The molecule has 0 radical (unpaired) electrons. The molecule has 0 atom stereocenters. The van der Waals surface area contributed by atoms with Crippen LogP contribution in [0.2, 0.25) is 0 Å². The summed E-state index contributed by atoms with van der Waals surface area (Å²) in [6, 6.07) is 8.61. The number of rotatable bonds is 3. The van der Waals surface area contributed by atoms with Gasteiger partial charge in [0.2, 0.25) is 0 Å². The molecule has 0 saturated carbocycles. The summed E-state index contributed by atoms with van der Waals surface area (Å²) in [6.45, 7) is 0. The molecule has 0 aliphatic rings. The maximum absolute atomic E-state index is 8.91. The largest absolute Gasteiger partial charge is 0.497 e. The molecule has 0 bridgehead atoms. The molecule has 1 aromatic carbocycles. The Morgan fingerprint density at radius 2 is 2.06 bits per heavy atom. The van der Waals surface area contributed by atoms with Crippen molar-refractivity contribution in [2.75, 3.05) is 12.8 Å². The Morgan fingerprint density at radius 1 is 1.28 bits per heavy atom. The van der Waals surface area contributed by atoms with Gasteiger partial charge in [0.25, 0.3) is 0 Å². The number of hydrogen-bond donors (Lipinski definition) is 1. The van der Waals surface area contributed by atoms with Gasteiger partial charge in [-0.3, -0.25) is 4.98 Å². The summed E-state index contributed by atoms with van der Waals surface area (Å²) < 4.78 is 10.7. The minimum atomic E-state index is 0.429. The van der Waals surface area contributed by atoms with E-state index in [9.17, 15) is 0 Å². The van der Waals surface area contributed by atoms with E-state index in [0.29, 0.717) is 28.5 Å². The van der Waals surface area contributed by atoms with Crippen molar-refractivity contribution in [1.82, 2.24) is 4.98 Å². The summed E-state index contributed by atoms with van der Waals surface area (Å²) in [4.78, 5) is 3.87. The highest BCUT2D eigenvalue weighted by molar-refractivity contribution is 5.53. The molecule has 0 fully saturated rings. The molecule has 0 saturated heterocycles. The molecule has 1 heterocycles. The third-order valence-corrected chi connectivity index (χ3v) is 2.28. The Labute approximate surface area is 104 Å². The van der Waals surface area contributed by atoms with E-state index in [0.717, 1.165) is 0 Å². The van der Waals surface area contributed by atoms with Crippen LogP contribution in [-0.2, 0) is 0 Å². The molecule has 2 rings (SSSR count). The Morgan fingerprint density at radius 3 is 2.72 bits per heavy atom. The highest BCUT2D eigenvalue weighted by atomic mass is 16.5. The first kappa shape index (κ1) is 11.7. The van der Waals surface area contributed by atoms with Gasteiger partial charge < -0.3 is 15.2 Å². The number of anilines is 1. The van der Waals surface area contributed by atoms with Gasteiger partial charge in [0, 0.05) is 18.3 Å². The molecule has 5 heteroatoms. The summed E-state index contributed by atoms with van der Waals surface area (Å²) in [5, 5.41) is 8.91. The number of ether oxygens (including phenoxy) is 2. The van der Waals surface area contributed by atoms with Gasteiger partial charge in [0.1, 0.15) is 11.5 Å². The summed E-state index contributed by atoms with van der Waals surface area (Å²) in [7, 11) is 1.53. The molecule has 0 aliphatic heterocycles. The van der Waals surface area contributed by atoms with E-state index in [2.05, 4.69) is 4.98 Å².